The van der Waals surface area contributed by atoms with E-state index in [0.29, 0.717) is 23.4 Å². The van der Waals surface area contributed by atoms with Gasteiger partial charge in [0.2, 0.25) is 0 Å². The second kappa shape index (κ2) is 4.84. The lowest BCUT2D eigenvalue weighted by atomic mass is 9.85. The largest absolute Gasteiger partial charge is 0.327 e. The lowest BCUT2D eigenvalue weighted by Crippen LogP contribution is -2.43. The van der Waals surface area contributed by atoms with Crippen molar-refractivity contribution in [3.8, 4) is 0 Å². The molecule has 1 aliphatic carbocycles. The lowest BCUT2D eigenvalue weighted by Gasteiger charge is -2.32. The first-order valence-electron chi connectivity index (χ1n) is 6.38. The second-order valence-corrected chi connectivity index (χ2v) is 5.99. The van der Waals surface area contributed by atoms with Gasteiger partial charge in [0, 0.05) is 18.6 Å². The van der Waals surface area contributed by atoms with E-state index in [1.165, 1.54) is 19.4 Å². The molecule has 2 N–H and O–H groups in total. The van der Waals surface area contributed by atoms with Gasteiger partial charge < -0.3 is 10.6 Å². The van der Waals surface area contributed by atoms with Crippen molar-refractivity contribution in [2.24, 2.45) is 17.1 Å². The standard InChI is InChI=1S/C13H28N2/c1-6-15(10(2)3)9-11-7-8-13(4,5)12(11)14/h10-12H,6-9,14H2,1-5H3. The van der Waals surface area contributed by atoms with E-state index in [0.717, 1.165) is 6.54 Å². The van der Waals surface area contributed by atoms with Crippen LogP contribution in [0.3, 0.4) is 0 Å². The maximum Gasteiger partial charge on any atom is 0.0131 e. The van der Waals surface area contributed by atoms with Gasteiger partial charge >= 0.3 is 0 Å². The van der Waals surface area contributed by atoms with Crippen LogP contribution in [0.25, 0.3) is 0 Å². The molecule has 0 aromatic carbocycles. The van der Waals surface area contributed by atoms with Crippen molar-refractivity contribution >= 4 is 0 Å². The minimum atomic E-state index is 0.348. The molecule has 90 valence electrons. The normalized spacial score (nSPS) is 30.4. The number of hydrogen-bond acceptors (Lipinski definition) is 2. The molecule has 0 aliphatic heterocycles. The number of rotatable bonds is 4. The Bertz CT molecular complexity index is 199. The maximum atomic E-state index is 6.33. The van der Waals surface area contributed by atoms with Crippen LogP contribution in [0.2, 0.25) is 0 Å². The van der Waals surface area contributed by atoms with E-state index in [4.69, 9.17) is 5.73 Å². The first kappa shape index (κ1) is 13.0. The van der Waals surface area contributed by atoms with E-state index in [-0.39, 0.29) is 0 Å². The molecule has 0 bridgehead atoms. The number of nitrogens with zero attached hydrogens (tertiary/aromatic N) is 1. The molecule has 1 fully saturated rings. The van der Waals surface area contributed by atoms with Gasteiger partial charge in [0.05, 0.1) is 0 Å². The highest BCUT2D eigenvalue weighted by molar-refractivity contribution is 4.95. The van der Waals surface area contributed by atoms with Crippen molar-refractivity contribution < 1.29 is 0 Å². The van der Waals surface area contributed by atoms with Gasteiger partial charge in [0.15, 0.2) is 0 Å². The molecule has 0 heterocycles. The molecule has 0 saturated heterocycles. The molecule has 0 spiro atoms. The Kier molecular flexibility index (Phi) is 4.19. The molecular weight excluding hydrogens is 184 g/mol. The van der Waals surface area contributed by atoms with E-state index in [9.17, 15) is 0 Å². The zero-order valence-electron chi connectivity index (χ0n) is 11.1. The molecule has 1 rings (SSSR count). The third kappa shape index (κ3) is 2.94. The first-order valence-corrected chi connectivity index (χ1v) is 6.38. The Morgan fingerprint density at radius 3 is 2.33 bits per heavy atom. The van der Waals surface area contributed by atoms with Crippen molar-refractivity contribution in [2.75, 3.05) is 13.1 Å². The van der Waals surface area contributed by atoms with E-state index >= 15 is 0 Å². The molecule has 15 heavy (non-hydrogen) atoms. The maximum absolute atomic E-state index is 6.33. The summed E-state index contributed by atoms with van der Waals surface area (Å²) < 4.78 is 0. The fraction of sp³-hybridized carbons (Fsp3) is 1.00. The van der Waals surface area contributed by atoms with Crippen molar-refractivity contribution in [2.45, 2.75) is 59.5 Å². The van der Waals surface area contributed by atoms with Crippen LogP contribution < -0.4 is 5.73 Å². The summed E-state index contributed by atoms with van der Waals surface area (Å²) in [6.45, 7) is 13.7. The molecule has 0 radical (unpaired) electrons. The monoisotopic (exact) mass is 212 g/mol. The predicted molar refractivity (Wildman–Crippen MR) is 66.9 cm³/mol. The quantitative estimate of drug-likeness (QED) is 0.776. The zero-order valence-corrected chi connectivity index (χ0v) is 11.1. The van der Waals surface area contributed by atoms with Gasteiger partial charge in [0.1, 0.15) is 0 Å². The van der Waals surface area contributed by atoms with Crippen LogP contribution in [-0.2, 0) is 0 Å². The third-order valence-corrected chi connectivity index (χ3v) is 4.18. The van der Waals surface area contributed by atoms with Crippen molar-refractivity contribution in [1.29, 1.82) is 0 Å². The van der Waals surface area contributed by atoms with Gasteiger partial charge in [-0.15, -0.1) is 0 Å². The SMILES string of the molecule is CCN(CC1CCC(C)(C)C1N)C(C)C. The Morgan fingerprint density at radius 1 is 1.40 bits per heavy atom. The minimum Gasteiger partial charge on any atom is -0.327 e. The zero-order chi connectivity index (χ0) is 11.6. The minimum absolute atomic E-state index is 0.348. The van der Waals surface area contributed by atoms with Gasteiger partial charge in [-0.25, -0.2) is 0 Å². The van der Waals surface area contributed by atoms with Crippen LogP contribution >= 0.6 is 0 Å². The van der Waals surface area contributed by atoms with Gasteiger partial charge in [0.25, 0.3) is 0 Å². The molecule has 0 aromatic rings. The Labute approximate surface area is 95.2 Å². The first-order chi connectivity index (χ1) is 6.88. The molecule has 2 nitrogen and oxygen atoms in total. The molecule has 1 saturated carbocycles. The number of hydrogen-bond donors (Lipinski definition) is 1. The fourth-order valence-corrected chi connectivity index (χ4v) is 2.75. The summed E-state index contributed by atoms with van der Waals surface area (Å²) in [6, 6.07) is 1.02. The Balaban J connectivity index is 2.53. The van der Waals surface area contributed by atoms with Gasteiger partial charge in [-0.05, 0) is 44.6 Å². The third-order valence-electron chi connectivity index (χ3n) is 4.18. The highest BCUT2D eigenvalue weighted by atomic mass is 15.1. The van der Waals surface area contributed by atoms with Gasteiger partial charge in [-0.2, -0.15) is 0 Å². The van der Waals surface area contributed by atoms with Crippen molar-refractivity contribution in [3.63, 3.8) is 0 Å². The van der Waals surface area contributed by atoms with Gasteiger partial charge in [-0.3, -0.25) is 0 Å². The summed E-state index contributed by atoms with van der Waals surface area (Å²) >= 11 is 0. The molecule has 2 unspecified atom stereocenters. The summed E-state index contributed by atoms with van der Waals surface area (Å²) in [7, 11) is 0. The highest BCUT2D eigenvalue weighted by Crippen LogP contribution is 2.40. The Hall–Kier alpha value is -0.0800. The molecule has 2 heteroatoms. The van der Waals surface area contributed by atoms with Crippen LogP contribution in [-0.4, -0.2) is 30.1 Å². The lowest BCUT2D eigenvalue weighted by molar-refractivity contribution is 0.178. The average Bonchev–Trinajstić information content (AvgIpc) is 2.39. The second-order valence-electron chi connectivity index (χ2n) is 5.99. The smallest absolute Gasteiger partial charge is 0.0131 e. The van der Waals surface area contributed by atoms with Crippen LogP contribution in [0.15, 0.2) is 0 Å². The van der Waals surface area contributed by atoms with Crippen LogP contribution in [0.4, 0.5) is 0 Å². The van der Waals surface area contributed by atoms with E-state index in [1.54, 1.807) is 0 Å². The molecular formula is C13H28N2. The topological polar surface area (TPSA) is 29.3 Å². The van der Waals surface area contributed by atoms with Crippen LogP contribution in [0, 0.1) is 11.3 Å². The van der Waals surface area contributed by atoms with Crippen molar-refractivity contribution in [3.05, 3.63) is 0 Å². The van der Waals surface area contributed by atoms with Gasteiger partial charge in [-0.1, -0.05) is 20.8 Å². The van der Waals surface area contributed by atoms with E-state index < -0.39 is 0 Å². The summed E-state index contributed by atoms with van der Waals surface area (Å²) in [5.74, 6) is 0.697. The Morgan fingerprint density at radius 2 is 2.00 bits per heavy atom. The molecule has 0 aromatic heterocycles. The predicted octanol–water partition coefficient (Wildman–Crippen LogP) is 2.48. The van der Waals surface area contributed by atoms with E-state index in [2.05, 4.69) is 39.5 Å². The van der Waals surface area contributed by atoms with E-state index in [1.807, 2.05) is 0 Å². The number of nitrogens with two attached hydrogens (primary N) is 1. The summed E-state index contributed by atoms with van der Waals surface area (Å²) in [5.41, 5.74) is 6.68. The molecule has 2 atom stereocenters. The van der Waals surface area contributed by atoms with Crippen LogP contribution in [0.1, 0.15) is 47.5 Å². The summed E-state index contributed by atoms with van der Waals surface area (Å²) in [4.78, 5) is 2.53. The molecule has 0 amide bonds. The van der Waals surface area contributed by atoms with Crippen molar-refractivity contribution in [1.82, 2.24) is 4.90 Å². The van der Waals surface area contributed by atoms with Crippen LogP contribution in [0.5, 0.6) is 0 Å². The molecule has 1 aliphatic rings. The fourth-order valence-electron chi connectivity index (χ4n) is 2.75. The summed E-state index contributed by atoms with van der Waals surface area (Å²) in [6.07, 6.45) is 2.59. The summed E-state index contributed by atoms with van der Waals surface area (Å²) in [5, 5.41) is 0. The highest BCUT2D eigenvalue weighted by Gasteiger charge is 2.39. The average molecular weight is 212 g/mol.